The van der Waals surface area contributed by atoms with Gasteiger partial charge < -0.3 is 15.0 Å². The quantitative estimate of drug-likeness (QED) is 0.420. The second kappa shape index (κ2) is 8.15. The molecule has 1 aromatic heterocycles. The zero-order valence-electron chi connectivity index (χ0n) is 15.5. The lowest BCUT2D eigenvalue weighted by molar-refractivity contribution is -0.118. The molecule has 0 saturated heterocycles. The third-order valence-corrected chi connectivity index (χ3v) is 4.96. The van der Waals surface area contributed by atoms with Crippen LogP contribution >= 0.6 is 23.2 Å². The smallest absolute Gasteiger partial charge is 0.262 e. The molecular weight excluding hydrogens is 409 g/mol. The van der Waals surface area contributed by atoms with Crippen molar-refractivity contribution >= 4 is 45.8 Å². The number of nitrogens with one attached hydrogen (secondary N) is 2. The van der Waals surface area contributed by atoms with Crippen molar-refractivity contribution in [3.05, 3.63) is 76.3 Å². The molecular formula is C22H17Cl2N3O2. The van der Waals surface area contributed by atoms with E-state index in [1.807, 2.05) is 49.4 Å². The summed E-state index contributed by atoms with van der Waals surface area (Å²) in [5.41, 5.74) is 4.36. The Morgan fingerprint density at radius 1 is 1.10 bits per heavy atom. The lowest BCUT2D eigenvalue weighted by atomic mass is 10.1. The first-order chi connectivity index (χ1) is 14.0. The van der Waals surface area contributed by atoms with Gasteiger partial charge in [-0.3, -0.25) is 4.79 Å². The van der Waals surface area contributed by atoms with Gasteiger partial charge in [-0.2, -0.15) is 0 Å². The normalized spacial score (nSPS) is 10.9. The topological polar surface area (TPSA) is 67.0 Å². The number of rotatable bonds is 5. The van der Waals surface area contributed by atoms with Gasteiger partial charge >= 0.3 is 0 Å². The van der Waals surface area contributed by atoms with Gasteiger partial charge in [-0.1, -0.05) is 47.5 Å². The van der Waals surface area contributed by atoms with Crippen molar-refractivity contribution in [3.8, 4) is 17.1 Å². The second-order valence-electron chi connectivity index (χ2n) is 6.54. The van der Waals surface area contributed by atoms with Crippen molar-refractivity contribution < 1.29 is 9.53 Å². The van der Waals surface area contributed by atoms with Crippen LogP contribution < -0.4 is 10.1 Å². The number of nitrogens with zero attached hydrogens (tertiary/aromatic N) is 1. The number of carbonyl (C=O) groups is 1. The molecule has 0 aliphatic carbocycles. The molecule has 0 spiro atoms. The third kappa shape index (κ3) is 4.36. The van der Waals surface area contributed by atoms with E-state index in [0.717, 1.165) is 28.0 Å². The Kier molecular flexibility index (Phi) is 5.43. The van der Waals surface area contributed by atoms with E-state index in [0.29, 0.717) is 21.5 Å². The van der Waals surface area contributed by atoms with Gasteiger partial charge in [0.05, 0.1) is 16.1 Å². The molecule has 0 atom stereocenters. The van der Waals surface area contributed by atoms with Crippen molar-refractivity contribution in [1.29, 1.82) is 0 Å². The number of anilines is 1. The van der Waals surface area contributed by atoms with Gasteiger partial charge in [0.1, 0.15) is 11.6 Å². The number of H-pyrrole nitrogens is 1. The van der Waals surface area contributed by atoms with E-state index in [4.69, 9.17) is 27.9 Å². The average molecular weight is 426 g/mol. The van der Waals surface area contributed by atoms with E-state index < -0.39 is 0 Å². The number of aromatic nitrogens is 2. The van der Waals surface area contributed by atoms with Crippen LogP contribution in [0.25, 0.3) is 22.4 Å². The van der Waals surface area contributed by atoms with Crippen LogP contribution in [-0.4, -0.2) is 22.5 Å². The van der Waals surface area contributed by atoms with Crippen molar-refractivity contribution in [2.45, 2.75) is 6.92 Å². The first-order valence-corrected chi connectivity index (χ1v) is 9.69. The van der Waals surface area contributed by atoms with Crippen LogP contribution in [0.15, 0.2) is 60.7 Å². The van der Waals surface area contributed by atoms with Crippen LogP contribution in [0, 0.1) is 6.92 Å². The summed E-state index contributed by atoms with van der Waals surface area (Å²) in [6.07, 6.45) is 0. The fraction of sp³-hybridized carbons (Fsp3) is 0.0909. The van der Waals surface area contributed by atoms with E-state index in [1.165, 1.54) is 0 Å². The number of hydrogen-bond acceptors (Lipinski definition) is 3. The molecule has 2 N–H and O–H groups in total. The maximum absolute atomic E-state index is 12.4. The van der Waals surface area contributed by atoms with Crippen LogP contribution in [0.4, 0.5) is 5.69 Å². The summed E-state index contributed by atoms with van der Waals surface area (Å²) in [5, 5.41) is 3.74. The number of carbonyl (C=O) groups excluding carboxylic acids is 1. The largest absolute Gasteiger partial charge is 0.482 e. The first kappa shape index (κ1) is 19.3. The second-order valence-corrected chi connectivity index (χ2v) is 7.39. The molecule has 0 fully saturated rings. The summed E-state index contributed by atoms with van der Waals surface area (Å²) >= 11 is 11.9. The van der Waals surface area contributed by atoms with E-state index >= 15 is 0 Å². The highest BCUT2D eigenvalue weighted by molar-refractivity contribution is 6.35. The van der Waals surface area contributed by atoms with Crippen LogP contribution in [0.5, 0.6) is 5.75 Å². The van der Waals surface area contributed by atoms with Gasteiger partial charge in [-0.25, -0.2) is 4.98 Å². The average Bonchev–Trinajstić information content (AvgIpc) is 3.13. The summed E-state index contributed by atoms with van der Waals surface area (Å²) in [5.74, 6) is 0.853. The van der Waals surface area contributed by atoms with Crippen LogP contribution in [-0.2, 0) is 4.79 Å². The summed E-state index contributed by atoms with van der Waals surface area (Å²) < 4.78 is 5.50. The number of benzene rings is 3. The molecule has 0 aliphatic heterocycles. The van der Waals surface area contributed by atoms with Crippen LogP contribution in [0.2, 0.25) is 10.0 Å². The molecule has 0 unspecified atom stereocenters. The summed E-state index contributed by atoms with van der Waals surface area (Å²) in [6.45, 7) is 1.75. The fourth-order valence-electron chi connectivity index (χ4n) is 2.92. The Balaban J connectivity index is 1.49. The molecule has 29 heavy (non-hydrogen) atoms. The SMILES string of the molecule is Cc1ccc(-c2nc3ccccc3[nH]2)cc1NC(=O)COc1ccc(Cl)cc1Cl. The predicted octanol–water partition coefficient (Wildman–Crippen LogP) is 5.86. The number of aryl methyl sites for hydroxylation is 1. The van der Waals surface area contributed by atoms with Crippen molar-refractivity contribution in [1.82, 2.24) is 9.97 Å². The molecule has 0 aliphatic rings. The lowest BCUT2D eigenvalue weighted by Gasteiger charge is -2.11. The highest BCUT2D eigenvalue weighted by Crippen LogP contribution is 2.28. The zero-order valence-corrected chi connectivity index (χ0v) is 17.0. The van der Waals surface area contributed by atoms with Crippen molar-refractivity contribution in [2.24, 2.45) is 0 Å². The zero-order chi connectivity index (χ0) is 20.4. The number of amides is 1. The van der Waals surface area contributed by atoms with Gasteiger partial charge in [0, 0.05) is 16.3 Å². The monoisotopic (exact) mass is 425 g/mol. The van der Waals surface area contributed by atoms with Crippen molar-refractivity contribution in [3.63, 3.8) is 0 Å². The Morgan fingerprint density at radius 2 is 1.93 bits per heavy atom. The molecule has 0 saturated carbocycles. The molecule has 3 aromatic carbocycles. The van der Waals surface area contributed by atoms with Crippen molar-refractivity contribution in [2.75, 3.05) is 11.9 Å². The third-order valence-electron chi connectivity index (χ3n) is 4.43. The molecule has 1 heterocycles. The molecule has 4 rings (SSSR count). The maximum atomic E-state index is 12.4. The predicted molar refractivity (Wildman–Crippen MR) is 117 cm³/mol. The molecule has 146 valence electrons. The molecule has 5 nitrogen and oxygen atoms in total. The summed E-state index contributed by atoms with van der Waals surface area (Å²) in [7, 11) is 0. The van der Waals surface area contributed by atoms with E-state index in [9.17, 15) is 4.79 Å². The number of halogens is 2. The highest BCUT2D eigenvalue weighted by atomic mass is 35.5. The molecule has 1 amide bonds. The summed E-state index contributed by atoms with van der Waals surface area (Å²) in [4.78, 5) is 20.3. The fourth-order valence-corrected chi connectivity index (χ4v) is 3.38. The molecule has 0 bridgehead atoms. The van der Waals surface area contributed by atoms with E-state index in [-0.39, 0.29) is 12.5 Å². The molecule has 4 aromatic rings. The highest BCUT2D eigenvalue weighted by Gasteiger charge is 2.11. The molecule has 7 heteroatoms. The van der Waals surface area contributed by atoms with Gasteiger partial charge in [0.15, 0.2) is 6.61 Å². The van der Waals surface area contributed by atoms with E-state index in [2.05, 4.69) is 15.3 Å². The lowest BCUT2D eigenvalue weighted by Crippen LogP contribution is -2.20. The van der Waals surface area contributed by atoms with Gasteiger partial charge in [-0.05, 0) is 48.9 Å². The number of fused-ring (bicyclic) bond motifs is 1. The minimum Gasteiger partial charge on any atom is -0.482 e. The van der Waals surface area contributed by atoms with Gasteiger partial charge in [0.25, 0.3) is 5.91 Å². The Morgan fingerprint density at radius 3 is 2.72 bits per heavy atom. The van der Waals surface area contributed by atoms with Crippen LogP contribution in [0.1, 0.15) is 5.56 Å². The number of aromatic amines is 1. The standard InChI is InChI=1S/C22H17Cl2N3O2/c1-13-6-7-14(22-26-17-4-2-3-5-18(17)27-22)10-19(13)25-21(28)12-29-20-9-8-15(23)11-16(20)24/h2-11H,12H2,1H3,(H,25,28)(H,26,27). The first-order valence-electron chi connectivity index (χ1n) is 8.93. The van der Waals surface area contributed by atoms with E-state index in [1.54, 1.807) is 18.2 Å². The number of para-hydroxylation sites is 2. The minimum absolute atomic E-state index is 0.171. The number of ether oxygens (including phenoxy) is 1. The van der Waals surface area contributed by atoms with Gasteiger partial charge in [-0.15, -0.1) is 0 Å². The summed E-state index contributed by atoms with van der Waals surface area (Å²) in [6, 6.07) is 18.5. The Hall–Kier alpha value is -3.02. The maximum Gasteiger partial charge on any atom is 0.262 e. The Bertz CT molecular complexity index is 1170. The van der Waals surface area contributed by atoms with Gasteiger partial charge in [0.2, 0.25) is 0 Å². The molecule has 0 radical (unpaired) electrons. The number of hydrogen-bond donors (Lipinski definition) is 2. The van der Waals surface area contributed by atoms with Crippen LogP contribution in [0.3, 0.4) is 0 Å². The Labute approximate surface area is 177 Å². The number of imidazole rings is 1. The minimum atomic E-state index is -0.291.